The largest absolute Gasteiger partial charge is 0.493 e. The lowest BCUT2D eigenvalue weighted by Crippen LogP contribution is -2.18. The Balaban J connectivity index is 1.40. The van der Waals surface area contributed by atoms with Gasteiger partial charge in [0.1, 0.15) is 6.61 Å². The number of pyridine rings is 1. The lowest BCUT2D eigenvalue weighted by Gasteiger charge is -2.14. The van der Waals surface area contributed by atoms with Crippen molar-refractivity contribution in [2.24, 2.45) is 5.10 Å². The Morgan fingerprint density at radius 1 is 0.947 bits per heavy atom. The maximum absolute atomic E-state index is 13.3. The number of aromatic nitrogens is 1. The molecule has 1 heterocycles. The van der Waals surface area contributed by atoms with Crippen molar-refractivity contribution in [2.75, 3.05) is 7.11 Å². The van der Waals surface area contributed by atoms with Gasteiger partial charge in [0.05, 0.1) is 30.1 Å². The number of fused-ring (bicyclic) bond motifs is 1. The summed E-state index contributed by atoms with van der Waals surface area (Å²) in [6.07, 6.45) is 1.53. The van der Waals surface area contributed by atoms with Crippen LogP contribution in [0.1, 0.15) is 21.5 Å². The van der Waals surface area contributed by atoms with Crippen LogP contribution in [0, 0.1) is 0 Å². The number of nitrogens with zero attached hydrogens (tertiary/aromatic N) is 2. The van der Waals surface area contributed by atoms with E-state index in [1.807, 2.05) is 91.0 Å². The van der Waals surface area contributed by atoms with Crippen LogP contribution in [0.4, 0.5) is 0 Å². The number of hydrogen-bond donors (Lipinski definition) is 1. The van der Waals surface area contributed by atoms with E-state index in [9.17, 15) is 4.79 Å². The number of para-hydroxylation sites is 2. The topological polar surface area (TPSA) is 72.8 Å². The summed E-state index contributed by atoms with van der Waals surface area (Å²) in [5.74, 6) is 0.687. The molecule has 0 spiro atoms. The van der Waals surface area contributed by atoms with Crippen LogP contribution < -0.4 is 14.9 Å². The van der Waals surface area contributed by atoms with Crippen LogP contribution in [-0.2, 0) is 6.61 Å². The first kappa shape index (κ1) is 25.0. The molecule has 0 radical (unpaired) electrons. The first-order valence-corrected chi connectivity index (χ1v) is 12.3. The number of hydrogen-bond acceptors (Lipinski definition) is 5. The number of ether oxygens (including phenoxy) is 2. The quantitative estimate of drug-likeness (QED) is 0.178. The van der Waals surface area contributed by atoms with E-state index in [1.165, 1.54) is 6.21 Å². The van der Waals surface area contributed by atoms with Gasteiger partial charge in [-0.3, -0.25) is 4.79 Å². The van der Waals surface area contributed by atoms with Crippen LogP contribution in [0.5, 0.6) is 11.5 Å². The standard InChI is InChI=1S/C31H24ClN3O3/c1-37-29-17-9-13-22(30(29)38-20-23-12-5-7-15-26(23)32)19-33-35-31(36)25-18-28(21-10-3-2-4-11-21)34-27-16-8-6-14-24(25)27/h2-19H,20H2,1H3,(H,35,36)/b33-19-. The lowest BCUT2D eigenvalue weighted by atomic mass is 10.0. The van der Waals surface area contributed by atoms with Crippen LogP contribution in [0.15, 0.2) is 108 Å². The molecule has 188 valence electrons. The summed E-state index contributed by atoms with van der Waals surface area (Å²) in [6.45, 7) is 0.249. The number of carbonyl (C=O) groups is 1. The van der Waals surface area contributed by atoms with E-state index >= 15 is 0 Å². The minimum absolute atomic E-state index is 0.249. The number of methoxy groups -OCH3 is 1. The van der Waals surface area contributed by atoms with Gasteiger partial charge in [0.25, 0.3) is 5.91 Å². The van der Waals surface area contributed by atoms with Gasteiger partial charge in [-0.25, -0.2) is 10.4 Å². The maximum atomic E-state index is 13.3. The smallest absolute Gasteiger partial charge is 0.272 e. The second-order valence-electron chi connectivity index (χ2n) is 8.40. The van der Waals surface area contributed by atoms with Crippen molar-refractivity contribution in [3.63, 3.8) is 0 Å². The molecular weight excluding hydrogens is 498 g/mol. The molecule has 0 aliphatic rings. The molecule has 5 rings (SSSR count). The average Bonchev–Trinajstić information content (AvgIpc) is 2.96. The van der Waals surface area contributed by atoms with E-state index < -0.39 is 0 Å². The highest BCUT2D eigenvalue weighted by molar-refractivity contribution is 6.31. The van der Waals surface area contributed by atoms with Gasteiger partial charge in [0.2, 0.25) is 0 Å². The zero-order chi connectivity index (χ0) is 26.3. The second-order valence-corrected chi connectivity index (χ2v) is 8.80. The SMILES string of the molecule is COc1cccc(/C=N\NC(=O)c2cc(-c3ccccc3)nc3ccccc23)c1OCc1ccccc1Cl. The third-order valence-electron chi connectivity index (χ3n) is 5.96. The summed E-state index contributed by atoms with van der Waals surface area (Å²) in [4.78, 5) is 18.0. The number of benzene rings is 4. The molecular formula is C31H24ClN3O3. The number of rotatable bonds is 8. The molecule has 0 bridgehead atoms. The van der Waals surface area contributed by atoms with E-state index in [0.29, 0.717) is 33.3 Å². The van der Waals surface area contributed by atoms with Gasteiger partial charge >= 0.3 is 0 Å². The van der Waals surface area contributed by atoms with Gasteiger partial charge in [0, 0.05) is 27.1 Å². The van der Waals surface area contributed by atoms with Gasteiger partial charge in [-0.2, -0.15) is 5.10 Å². The molecule has 38 heavy (non-hydrogen) atoms. The molecule has 7 heteroatoms. The van der Waals surface area contributed by atoms with E-state index in [4.69, 9.17) is 26.1 Å². The maximum Gasteiger partial charge on any atom is 0.272 e. The van der Waals surface area contributed by atoms with Crippen LogP contribution in [0.2, 0.25) is 5.02 Å². The Morgan fingerprint density at radius 2 is 1.71 bits per heavy atom. The zero-order valence-electron chi connectivity index (χ0n) is 20.6. The highest BCUT2D eigenvalue weighted by atomic mass is 35.5. The van der Waals surface area contributed by atoms with Gasteiger partial charge in [-0.15, -0.1) is 0 Å². The fraction of sp³-hybridized carbons (Fsp3) is 0.0645. The Morgan fingerprint density at radius 3 is 2.53 bits per heavy atom. The predicted molar refractivity (Wildman–Crippen MR) is 151 cm³/mol. The minimum Gasteiger partial charge on any atom is -0.493 e. The van der Waals surface area contributed by atoms with Crippen LogP contribution in [-0.4, -0.2) is 24.2 Å². The molecule has 6 nitrogen and oxygen atoms in total. The number of nitrogens with one attached hydrogen (secondary N) is 1. The van der Waals surface area contributed by atoms with Gasteiger partial charge in [0.15, 0.2) is 11.5 Å². The number of carbonyl (C=O) groups excluding carboxylic acids is 1. The Kier molecular flexibility index (Phi) is 7.62. The molecule has 0 saturated carbocycles. The van der Waals surface area contributed by atoms with Crippen molar-refractivity contribution < 1.29 is 14.3 Å². The molecule has 0 aliphatic heterocycles. The van der Waals surface area contributed by atoms with E-state index in [2.05, 4.69) is 10.5 Å². The van der Waals surface area contributed by atoms with Crippen molar-refractivity contribution >= 4 is 34.6 Å². The molecule has 5 aromatic rings. The molecule has 1 aromatic heterocycles. The van der Waals surface area contributed by atoms with E-state index in [0.717, 1.165) is 22.0 Å². The van der Waals surface area contributed by atoms with Gasteiger partial charge < -0.3 is 9.47 Å². The molecule has 0 unspecified atom stereocenters. The highest BCUT2D eigenvalue weighted by Crippen LogP contribution is 2.31. The lowest BCUT2D eigenvalue weighted by molar-refractivity contribution is 0.0956. The minimum atomic E-state index is -0.349. The van der Waals surface area contributed by atoms with E-state index in [-0.39, 0.29) is 12.5 Å². The number of halogens is 1. The monoisotopic (exact) mass is 521 g/mol. The van der Waals surface area contributed by atoms with Crippen molar-refractivity contribution in [3.05, 3.63) is 125 Å². The fourth-order valence-corrected chi connectivity index (χ4v) is 4.25. The molecule has 0 aliphatic carbocycles. The predicted octanol–water partition coefficient (Wildman–Crippen LogP) is 6.91. The summed E-state index contributed by atoms with van der Waals surface area (Å²) in [5.41, 5.74) is 6.97. The Labute approximate surface area is 225 Å². The second kappa shape index (κ2) is 11.6. The summed E-state index contributed by atoms with van der Waals surface area (Å²) in [7, 11) is 1.57. The molecule has 0 atom stereocenters. The van der Waals surface area contributed by atoms with Crippen molar-refractivity contribution in [1.29, 1.82) is 0 Å². The van der Waals surface area contributed by atoms with Crippen LogP contribution >= 0.6 is 11.6 Å². The van der Waals surface area contributed by atoms with Crippen LogP contribution in [0.25, 0.3) is 22.2 Å². The Hall–Kier alpha value is -4.68. The van der Waals surface area contributed by atoms with Crippen molar-refractivity contribution in [2.45, 2.75) is 6.61 Å². The highest BCUT2D eigenvalue weighted by Gasteiger charge is 2.14. The fourth-order valence-electron chi connectivity index (χ4n) is 4.06. The third kappa shape index (κ3) is 5.51. The van der Waals surface area contributed by atoms with Gasteiger partial charge in [-0.05, 0) is 30.3 Å². The summed E-state index contributed by atoms with van der Waals surface area (Å²) in [6, 6.07) is 32.0. The van der Waals surface area contributed by atoms with Crippen molar-refractivity contribution in [1.82, 2.24) is 10.4 Å². The molecule has 1 N–H and O–H groups in total. The first-order valence-electron chi connectivity index (χ1n) is 12.0. The molecule has 4 aromatic carbocycles. The number of amides is 1. The normalized spacial score (nSPS) is 11.0. The van der Waals surface area contributed by atoms with Gasteiger partial charge in [-0.1, -0.05) is 84.4 Å². The molecule has 0 saturated heterocycles. The average molecular weight is 522 g/mol. The third-order valence-corrected chi connectivity index (χ3v) is 6.33. The summed E-state index contributed by atoms with van der Waals surface area (Å²) >= 11 is 6.28. The number of hydrazone groups is 1. The van der Waals surface area contributed by atoms with Crippen molar-refractivity contribution in [3.8, 4) is 22.8 Å². The summed E-state index contributed by atoms with van der Waals surface area (Å²) < 4.78 is 11.6. The zero-order valence-corrected chi connectivity index (χ0v) is 21.4. The molecule has 0 fully saturated rings. The van der Waals surface area contributed by atoms with Crippen LogP contribution in [0.3, 0.4) is 0 Å². The van der Waals surface area contributed by atoms with E-state index in [1.54, 1.807) is 19.2 Å². The summed E-state index contributed by atoms with van der Waals surface area (Å²) in [5, 5.41) is 5.59. The Bertz CT molecular complexity index is 1620. The molecule has 1 amide bonds. The first-order chi connectivity index (χ1) is 18.6.